The molecule has 4 N–H and O–H groups in total. The first-order valence-electron chi connectivity index (χ1n) is 12.6. The van der Waals surface area contributed by atoms with Crippen molar-refractivity contribution in [3.63, 3.8) is 0 Å². The van der Waals surface area contributed by atoms with E-state index in [9.17, 15) is 30.0 Å². The van der Waals surface area contributed by atoms with Gasteiger partial charge in [0.1, 0.15) is 34.2 Å². The van der Waals surface area contributed by atoms with E-state index in [1.165, 1.54) is 36.4 Å². The van der Waals surface area contributed by atoms with Gasteiger partial charge in [0.15, 0.2) is 0 Å². The van der Waals surface area contributed by atoms with E-state index in [4.69, 9.17) is 8.83 Å². The lowest BCUT2D eigenvalue weighted by Crippen LogP contribution is -2.21. The van der Waals surface area contributed by atoms with E-state index in [1.54, 1.807) is 24.3 Å². The minimum absolute atomic E-state index is 0.0540. The quantitative estimate of drug-likeness (QED) is 0.151. The Bertz CT molecular complexity index is 1970. The van der Waals surface area contributed by atoms with E-state index in [1.807, 2.05) is 42.5 Å². The lowest BCUT2D eigenvalue weighted by Gasteiger charge is -2.20. The molecule has 0 saturated heterocycles. The topological polar surface area (TPSA) is 141 Å². The zero-order valence-corrected chi connectivity index (χ0v) is 21.3. The predicted octanol–water partition coefficient (Wildman–Crippen LogP) is 6.07. The van der Waals surface area contributed by atoms with Gasteiger partial charge >= 0.3 is 11.3 Å². The van der Waals surface area contributed by atoms with Gasteiger partial charge in [0, 0.05) is 12.1 Å². The second kappa shape index (κ2) is 10.1. The van der Waals surface area contributed by atoms with Gasteiger partial charge in [-0.25, -0.2) is 9.59 Å². The van der Waals surface area contributed by atoms with Crippen molar-refractivity contribution in [1.82, 2.24) is 0 Å². The van der Waals surface area contributed by atoms with Crippen molar-refractivity contribution in [1.29, 1.82) is 0 Å². The molecule has 41 heavy (non-hydrogen) atoms. The highest BCUT2D eigenvalue weighted by molar-refractivity contribution is 5.88. The van der Waals surface area contributed by atoms with E-state index in [-0.39, 0.29) is 44.6 Å². The number of phenolic OH excluding ortho intramolecular Hbond substituents is 2. The molecule has 0 saturated carbocycles. The maximum atomic E-state index is 13.3. The third-order valence-electron chi connectivity index (χ3n) is 6.91. The van der Waals surface area contributed by atoms with Crippen molar-refractivity contribution in [2.45, 2.75) is 5.92 Å². The first-order valence-corrected chi connectivity index (χ1v) is 12.6. The first-order chi connectivity index (χ1) is 19.8. The van der Waals surface area contributed by atoms with Crippen LogP contribution in [-0.4, -0.2) is 20.4 Å². The van der Waals surface area contributed by atoms with Gasteiger partial charge in [0.25, 0.3) is 0 Å². The predicted molar refractivity (Wildman–Crippen MR) is 154 cm³/mol. The summed E-state index contributed by atoms with van der Waals surface area (Å²) in [7, 11) is 0. The van der Waals surface area contributed by atoms with Crippen LogP contribution in [0.2, 0.25) is 0 Å². The average Bonchev–Trinajstić information content (AvgIpc) is 2.95. The number of hydrogen-bond acceptors (Lipinski definition) is 8. The molecular formula is C33H22O8. The number of phenols is 2. The van der Waals surface area contributed by atoms with Gasteiger partial charge in [-0.1, -0.05) is 66.7 Å². The van der Waals surface area contributed by atoms with E-state index < -0.39 is 28.7 Å². The third-order valence-corrected chi connectivity index (χ3v) is 6.91. The largest absolute Gasteiger partial charge is 0.508 e. The highest BCUT2D eigenvalue weighted by Crippen LogP contribution is 2.42. The van der Waals surface area contributed by atoms with E-state index >= 15 is 0 Å². The number of aromatic hydroxyl groups is 4. The van der Waals surface area contributed by atoms with E-state index in [2.05, 4.69) is 0 Å². The van der Waals surface area contributed by atoms with Crippen molar-refractivity contribution in [2.24, 2.45) is 0 Å². The van der Waals surface area contributed by atoms with Gasteiger partial charge in [0.05, 0.1) is 27.8 Å². The SMILES string of the molecule is O=c1oc2cc(O)ccc2c(O)c1C(c1ccc(/C=C\c2ccccc2)cc1)c1c(O)c2ccc(O)cc2oc1=O. The summed E-state index contributed by atoms with van der Waals surface area (Å²) in [5.41, 5.74) is -0.415. The standard InChI is InChI=1S/C33H22O8/c34-21-12-14-23-25(16-21)40-32(38)28(30(23)36)27(29-31(37)24-15-13-22(35)17-26(24)41-33(29)39)20-10-8-19(9-11-20)7-6-18-4-2-1-3-5-18/h1-17,27,34-37H/b7-6-. The van der Waals surface area contributed by atoms with Gasteiger partial charge < -0.3 is 29.3 Å². The molecule has 0 radical (unpaired) electrons. The Kier molecular flexibility index (Phi) is 6.28. The number of hydrogen-bond donors (Lipinski definition) is 4. The maximum Gasteiger partial charge on any atom is 0.344 e. The van der Waals surface area contributed by atoms with Crippen molar-refractivity contribution in [3.8, 4) is 23.0 Å². The summed E-state index contributed by atoms with van der Waals surface area (Å²) in [4.78, 5) is 26.7. The summed E-state index contributed by atoms with van der Waals surface area (Å²) in [5.74, 6) is -2.58. The molecule has 0 aliphatic heterocycles. The van der Waals surface area contributed by atoms with Crippen LogP contribution in [0.5, 0.6) is 23.0 Å². The van der Waals surface area contributed by atoms with Crippen molar-refractivity contribution in [3.05, 3.63) is 140 Å². The molecule has 8 heteroatoms. The molecule has 2 aromatic heterocycles. The summed E-state index contributed by atoms with van der Waals surface area (Å²) < 4.78 is 10.9. The second-order valence-corrected chi connectivity index (χ2v) is 9.51. The Morgan fingerprint density at radius 2 is 1.02 bits per heavy atom. The van der Waals surface area contributed by atoms with Crippen molar-refractivity contribution in [2.75, 3.05) is 0 Å². The van der Waals surface area contributed by atoms with Gasteiger partial charge in [-0.3, -0.25) is 0 Å². The summed E-state index contributed by atoms with van der Waals surface area (Å²) in [6, 6.07) is 24.4. The molecule has 6 rings (SSSR count). The molecule has 4 aromatic carbocycles. The Labute approximate surface area is 231 Å². The molecule has 2 heterocycles. The zero-order valence-electron chi connectivity index (χ0n) is 21.3. The normalized spacial score (nSPS) is 11.6. The molecule has 0 fully saturated rings. The van der Waals surface area contributed by atoms with Gasteiger partial charge in [-0.15, -0.1) is 0 Å². The molecule has 0 aliphatic carbocycles. The van der Waals surface area contributed by atoms with Crippen LogP contribution in [0.25, 0.3) is 34.1 Å². The zero-order chi connectivity index (χ0) is 28.7. The van der Waals surface area contributed by atoms with E-state index in [0.717, 1.165) is 11.1 Å². The van der Waals surface area contributed by atoms with Crippen LogP contribution in [0.15, 0.2) is 109 Å². The molecule has 8 nitrogen and oxygen atoms in total. The second-order valence-electron chi connectivity index (χ2n) is 9.51. The Morgan fingerprint density at radius 1 is 0.561 bits per heavy atom. The Balaban J connectivity index is 1.57. The Morgan fingerprint density at radius 3 is 1.51 bits per heavy atom. The minimum Gasteiger partial charge on any atom is -0.508 e. The van der Waals surface area contributed by atoms with Gasteiger partial charge in [-0.05, 0) is 41.0 Å². The fourth-order valence-electron chi connectivity index (χ4n) is 4.92. The fourth-order valence-corrected chi connectivity index (χ4v) is 4.92. The summed E-state index contributed by atoms with van der Waals surface area (Å²) >= 11 is 0. The molecule has 0 bridgehead atoms. The van der Waals surface area contributed by atoms with E-state index in [0.29, 0.717) is 5.56 Å². The lowest BCUT2D eigenvalue weighted by molar-refractivity contribution is 0.439. The average molecular weight is 547 g/mol. The van der Waals surface area contributed by atoms with Crippen LogP contribution in [-0.2, 0) is 0 Å². The van der Waals surface area contributed by atoms with Crippen LogP contribution in [0.4, 0.5) is 0 Å². The fraction of sp³-hybridized carbons (Fsp3) is 0.0303. The summed E-state index contributed by atoms with van der Waals surface area (Å²) in [6.07, 6.45) is 3.84. The molecule has 0 amide bonds. The number of fused-ring (bicyclic) bond motifs is 2. The monoisotopic (exact) mass is 546 g/mol. The van der Waals surface area contributed by atoms with Crippen molar-refractivity contribution >= 4 is 34.1 Å². The smallest absolute Gasteiger partial charge is 0.344 e. The lowest BCUT2D eigenvalue weighted by atomic mass is 9.84. The molecule has 202 valence electrons. The van der Waals surface area contributed by atoms with Crippen LogP contribution >= 0.6 is 0 Å². The molecule has 0 atom stereocenters. The summed E-state index contributed by atoms with van der Waals surface area (Å²) in [6.45, 7) is 0. The Hall–Kier alpha value is -5.76. The van der Waals surface area contributed by atoms with Crippen LogP contribution in [0, 0.1) is 0 Å². The number of rotatable bonds is 5. The molecule has 6 aromatic rings. The molecule has 0 unspecified atom stereocenters. The summed E-state index contributed by atoms with van der Waals surface area (Å²) in [5, 5.41) is 42.5. The van der Waals surface area contributed by atoms with Gasteiger partial charge in [0.2, 0.25) is 0 Å². The van der Waals surface area contributed by atoms with Crippen LogP contribution in [0.1, 0.15) is 33.7 Å². The first kappa shape index (κ1) is 25.5. The van der Waals surface area contributed by atoms with Crippen LogP contribution < -0.4 is 11.3 Å². The molecule has 0 spiro atoms. The van der Waals surface area contributed by atoms with Crippen molar-refractivity contribution < 1.29 is 29.3 Å². The molecule has 0 aliphatic rings. The van der Waals surface area contributed by atoms with Crippen LogP contribution in [0.3, 0.4) is 0 Å². The highest BCUT2D eigenvalue weighted by atomic mass is 16.4. The third kappa shape index (κ3) is 4.68. The van der Waals surface area contributed by atoms with Gasteiger partial charge in [-0.2, -0.15) is 0 Å². The molecular weight excluding hydrogens is 524 g/mol. The number of benzene rings is 4. The minimum atomic E-state index is -1.30. The highest BCUT2D eigenvalue weighted by Gasteiger charge is 2.32. The maximum absolute atomic E-state index is 13.3.